The first kappa shape index (κ1) is 12.3. The Morgan fingerprint density at radius 3 is 2.27 bits per heavy atom. The molecule has 4 heteroatoms. The molecule has 1 rings (SSSR count). The Morgan fingerprint density at radius 2 is 1.87 bits per heavy atom. The van der Waals surface area contributed by atoms with Crippen LogP contribution in [0.3, 0.4) is 0 Å². The summed E-state index contributed by atoms with van der Waals surface area (Å²) in [6.07, 6.45) is 1.30. The normalized spacial score (nSPS) is 28.4. The number of hydrazine groups is 1. The predicted octanol–water partition coefficient (Wildman–Crippen LogP) is 1.19. The second kappa shape index (κ2) is 5.35. The SMILES string of the molecule is CC1CC(C)CN(C(=NC(C)C)NN)C1. The third-order valence-electron chi connectivity index (χ3n) is 2.68. The quantitative estimate of drug-likeness (QED) is 0.297. The van der Waals surface area contributed by atoms with E-state index in [4.69, 9.17) is 5.84 Å². The minimum Gasteiger partial charge on any atom is -0.341 e. The Bertz CT molecular complexity index is 215. The molecule has 0 amide bonds. The van der Waals surface area contributed by atoms with Crippen LogP contribution < -0.4 is 11.3 Å². The largest absolute Gasteiger partial charge is 0.341 e. The average Bonchev–Trinajstić information content (AvgIpc) is 2.12. The molecular formula is C11H24N4. The van der Waals surface area contributed by atoms with Gasteiger partial charge in [0.15, 0.2) is 0 Å². The second-order valence-electron chi connectivity index (χ2n) is 5.04. The number of rotatable bonds is 1. The van der Waals surface area contributed by atoms with Crippen molar-refractivity contribution in [3.05, 3.63) is 0 Å². The molecule has 1 heterocycles. The first-order chi connectivity index (χ1) is 7.02. The molecule has 4 nitrogen and oxygen atoms in total. The van der Waals surface area contributed by atoms with Gasteiger partial charge in [-0.15, -0.1) is 0 Å². The van der Waals surface area contributed by atoms with Crippen LogP contribution in [0.1, 0.15) is 34.1 Å². The average molecular weight is 212 g/mol. The van der Waals surface area contributed by atoms with Gasteiger partial charge in [0.1, 0.15) is 0 Å². The number of likely N-dealkylation sites (tertiary alicyclic amines) is 1. The molecular weight excluding hydrogens is 188 g/mol. The molecule has 15 heavy (non-hydrogen) atoms. The molecule has 0 aromatic carbocycles. The highest BCUT2D eigenvalue weighted by Crippen LogP contribution is 2.20. The summed E-state index contributed by atoms with van der Waals surface area (Å²) in [5, 5.41) is 0. The monoisotopic (exact) mass is 212 g/mol. The molecule has 0 spiro atoms. The maximum Gasteiger partial charge on any atom is 0.208 e. The van der Waals surface area contributed by atoms with Crippen molar-refractivity contribution in [1.29, 1.82) is 0 Å². The Balaban J connectivity index is 2.67. The van der Waals surface area contributed by atoms with Gasteiger partial charge in [0.05, 0.1) is 0 Å². The van der Waals surface area contributed by atoms with Crippen LogP contribution in [0.25, 0.3) is 0 Å². The zero-order valence-electron chi connectivity index (χ0n) is 10.3. The van der Waals surface area contributed by atoms with E-state index in [9.17, 15) is 0 Å². The van der Waals surface area contributed by atoms with Crippen molar-refractivity contribution in [1.82, 2.24) is 10.3 Å². The first-order valence-corrected chi connectivity index (χ1v) is 5.82. The van der Waals surface area contributed by atoms with Crippen LogP contribution >= 0.6 is 0 Å². The van der Waals surface area contributed by atoms with Gasteiger partial charge in [-0.1, -0.05) is 13.8 Å². The van der Waals surface area contributed by atoms with Crippen molar-refractivity contribution in [2.24, 2.45) is 22.7 Å². The van der Waals surface area contributed by atoms with Gasteiger partial charge in [0, 0.05) is 19.1 Å². The third-order valence-corrected chi connectivity index (χ3v) is 2.68. The van der Waals surface area contributed by atoms with Crippen molar-refractivity contribution in [3.8, 4) is 0 Å². The van der Waals surface area contributed by atoms with E-state index in [2.05, 4.69) is 43.0 Å². The van der Waals surface area contributed by atoms with Crippen LogP contribution in [-0.4, -0.2) is 30.0 Å². The smallest absolute Gasteiger partial charge is 0.208 e. The van der Waals surface area contributed by atoms with Crippen LogP contribution in [-0.2, 0) is 0 Å². The number of nitrogens with zero attached hydrogens (tertiary/aromatic N) is 2. The van der Waals surface area contributed by atoms with E-state index >= 15 is 0 Å². The summed E-state index contributed by atoms with van der Waals surface area (Å²) in [5.74, 6) is 7.80. The topological polar surface area (TPSA) is 53.6 Å². The van der Waals surface area contributed by atoms with Crippen LogP contribution in [0.2, 0.25) is 0 Å². The van der Waals surface area contributed by atoms with Crippen molar-refractivity contribution in [2.75, 3.05) is 13.1 Å². The standard InChI is InChI=1S/C11H24N4/c1-8(2)13-11(14-12)15-6-9(3)5-10(4)7-15/h8-10H,5-7,12H2,1-4H3,(H,13,14). The van der Waals surface area contributed by atoms with Crippen LogP contribution in [0.15, 0.2) is 4.99 Å². The summed E-state index contributed by atoms with van der Waals surface area (Å²) >= 11 is 0. The molecule has 0 radical (unpaired) electrons. The molecule has 0 aliphatic carbocycles. The lowest BCUT2D eigenvalue weighted by atomic mass is 9.92. The molecule has 0 aromatic rings. The Labute approximate surface area is 92.9 Å². The second-order valence-corrected chi connectivity index (χ2v) is 5.04. The highest BCUT2D eigenvalue weighted by Gasteiger charge is 2.23. The number of guanidine groups is 1. The maximum absolute atomic E-state index is 5.52. The minimum absolute atomic E-state index is 0.281. The molecule has 88 valence electrons. The van der Waals surface area contributed by atoms with Crippen LogP contribution in [0, 0.1) is 11.8 Å². The lowest BCUT2D eigenvalue weighted by Crippen LogP contribution is -2.50. The van der Waals surface area contributed by atoms with E-state index in [-0.39, 0.29) is 6.04 Å². The highest BCUT2D eigenvalue weighted by atomic mass is 15.4. The molecule has 0 bridgehead atoms. The highest BCUT2D eigenvalue weighted by molar-refractivity contribution is 5.79. The molecule has 1 aliphatic rings. The summed E-state index contributed by atoms with van der Waals surface area (Å²) in [5.41, 5.74) is 2.72. The molecule has 0 aromatic heterocycles. The van der Waals surface area contributed by atoms with Gasteiger partial charge >= 0.3 is 0 Å². The van der Waals surface area contributed by atoms with Crippen LogP contribution in [0.4, 0.5) is 0 Å². The Hall–Kier alpha value is -0.770. The molecule has 1 aliphatic heterocycles. The van der Waals surface area contributed by atoms with Gasteiger partial charge in [-0.2, -0.15) is 0 Å². The van der Waals surface area contributed by atoms with Crippen LogP contribution in [0.5, 0.6) is 0 Å². The molecule has 1 saturated heterocycles. The fraction of sp³-hybridized carbons (Fsp3) is 0.909. The summed E-state index contributed by atoms with van der Waals surface area (Å²) in [7, 11) is 0. The Kier molecular flexibility index (Phi) is 4.39. The van der Waals surface area contributed by atoms with Gasteiger partial charge in [-0.05, 0) is 32.1 Å². The van der Waals surface area contributed by atoms with E-state index in [0.717, 1.165) is 30.9 Å². The van der Waals surface area contributed by atoms with Gasteiger partial charge in [-0.25, -0.2) is 10.8 Å². The predicted molar refractivity (Wildman–Crippen MR) is 64.4 cm³/mol. The summed E-state index contributed by atoms with van der Waals surface area (Å²) in [6, 6.07) is 0.281. The number of aliphatic imine (C=N–C) groups is 1. The maximum atomic E-state index is 5.52. The van der Waals surface area contributed by atoms with Crippen molar-refractivity contribution in [2.45, 2.75) is 40.2 Å². The summed E-state index contributed by atoms with van der Waals surface area (Å²) < 4.78 is 0. The number of piperidine rings is 1. The van der Waals surface area contributed by atoms with Crippen molar-refractivity contribution >= 4 is 5.96 Å². The number of nitrogens with one attached hydrogen (secondary N) is 1. The number of hydrogen-bond donors (Lipinski definition) is 2. The van der Waals surface area contributed by atoms with Gasteiger partial charge in [0.25, 0.3) is 0 Å². The lowest BCUT2D eigenvalue weighted by molar-refractivity contribution is 0.208. The molecule has 1 fully saturated rings. The fourth-order valence-corrected chi connectivity index (χ4v) is 2.29. The fourth-order valence-electron chi connectivity index (χ4n) is 2.29. The molecule has 0 saturated carbocycles. The van der Waals surface area contributed by atoms with E-state index in [1.165, 1.54) is 6.42 Å². The van der Waals surface area contributed by atoms with Gasteiger partial charge < -0.3 is 4.90 Å². The zero-order valence-corrected chi connectivity index (χ0v) is 10.3. The first-order valence-electron chi connectivity index (χ1n) is 5.82. The van der Waals surface area contributed by atoms with Gasteiger partial charge in [-0.3, -0.25) is 5.43 Å². The number of hydrogen-bond acceptors (Lipinski definition) is 2. The van der Waals surface area contributed by atoms with Gasteiger partial charge in [0.2, 0.25) is 5.96 Å². The minimum atomic E-state index is 0.281. The zero-order chi connectivity index (χ0) is 11.4. The number of nitrogens with two attached hydrogens (primary N) is 1. The van der Waals surface area contributed by atoms with E-state index < -0.39 is 0 Å². The third kappa shape index (κ3) is 3.70. The Morgan fingerprint density at radius 1 is 1.33 bits per heavy atom. The summed E-state index contributed by atoms with van der Waals surface area (Å²) in [4.78, 5) is 6.76. The summed E-state index contributed by atoms with van der Waals surface area (Å²) in [6.45, 7) is 10.8. The molecule has 2 atom stereocenters. The molecule has 2 unspecified atom stereocenters. The van der Waals surface area contributed by atoms with Crippen molar-refractivity contribution < 1.29 is 0 Å². The van der Waals surface area contributed by atoms with E-state index in [1.54, 1.807) is 0 Å². The van der Waals surface area contributed by atoms with E-state index in [0.29, 0.717) is 0 Å². The molecule has 3 N–H and O–H groups in total. The van der Waals surface area contributed by atoms with E-state index in [1.807, 2.05) is 0 Å². The van der Waals surface area contributed by atoms with Crippen molar-refractivity contribution in [3.63, 3.8) is 0 Å². The lowest BCUT2D eigenvalue weighted by Gasteiger charge is -2.36.